The van der Waals surface area contributed by atoms with Crippen molar-refractivity contribution in [2.24, 2.45) is 0 Å². The van der Waals surface area contributed by atoms with Crippen LogP contribution in [0.3, 0.4) is 0 Å². The van der Waals surface area contributed by atoms with E-state index in [-0.39, 0.29) is 20.1 Å². The molecule has 0 N–H and O–H groups in total. The SMILES string of the molecule is Cc1cccc(-c2[c-]cccc2)n1.[Ir].[c-]1ccccc1-c1cc(-c2cccnc2)ccn1. The summed E-state index contributed by atoms with van der Waals surface area (Å²) in [5.74, 6) is 0. The summed E-state index contributed by atoms with van der Waals surface area (Å²) in [6.45, 7) is 1.99. The van der Waals surface area contributed by atoms with Crippen molar-refractivity contribution in [3.63, 3.8) is 0 Å². The molecule has 2 aromatic carbocycles. The van der Waals surface area contributed by atoms with Crippen molar-refractivity contribution in [2.75, 3.05) is 0 Å². The average Bonchev–Trinajstić information content (AvgIpc) is 2.86. The van der Waals surface area contributed by atoms with Crippen LogP contribution in [0.15, 0.2) is 110 Å². The van der Waals surface area contributed by atoms with E-state index in [9.17, 15) is 0 Å². The first-order valence-corrected chi connectivity index (χ1v) is 10.0. The number of rotatable bonds is 3. The van der Waals surface area contributed by atoms with Crippen LogP contribution in [0.4, 0.5) is 0 Å². The predicted molar refractivity (Wildman–Crippen MR) is 125 cm³/mol. The minimum Gasteiger partial charge on any atom is -0.305 e. The molecule has 1 radical (unpaired) electrons. The van der Waals surface area contributed by atoms with Crippen LogP contribution in [0.25, 0.3) is 33.6 Å². The zero-order valence-electron chi connectivity index (χ0n) is 17.6. The Bertz CT molecular complexity index is 1170. The number of benzene rings is 2. The molecule has 0 spiro atoms. The van der Waals surface area contributed by atoms with Crippen molar-refractivity contribution in [3.05, 3.63) is 127 Å². The Morgan fingerprint density at radius 3 is 2.03 bits per heavy atom. The smallest absolute Gasteiger partial charge is 0.0346 e. The van der Waals surface area contributed by atoms with Gasteiger partial charge >= 0.3 is 0 Å². The van der Waals surface area contributed by atoms with Gasteiger partial charge < -0.3 is 9.97 Å². The van der Waals surface area contributed by atoms with Gasteiger partial charge in [0, 0.05) is 44.4 Å². The van der Waals surface area contributed by atoms with Gasteiger partial charge in [-0.2, -0.15) is 0 Å². The van der Waals surface area contributed by atoms with Gasteiger partial charge in [0.25, 0.3) is 0 Å². The van der Waals surface area contributed by atoms with E-state index in [4.69, 9.17) is 0 Å². The molecular weight excluding hydrogens is 571 g/mol. The second-order valence-corrected chi connectivity index (χ2v) is 6.89. The molecule has 5 aromatic rings. The van der Waals surface area contributed by atoms with Crippen LogP contribution in [0, 0.1) is 19.1 Å². The Hall–Kier alpha value is -3.46. The number of aromatic nitrogens is 3. The maximum Gasteiger partial charge on any atom is 0.0346 e. The summed E-state index contributed by atoms with van der Waals surface area (Å²) >= 11 is 0. The van der Waals surface area contributed by atoms with Gasteiger partial charge in [0.2, 0.25) is 0 Å². The van der Waals surface area contributed by atoms with Gasteiger partial charge in [-0.1, -0.05) is 24.3 Å². The fourth-order valence-corrected chi connectivity index (χ4v) is 3.09. The van der Waals surface area contributed by atoms with Crippen LogP contribution in [0.1, 0.15) is 5.69 Å². The van der Waals surface area contributed by atoms with Crippen molar-refractivity contribution in [2.45, 2.75) is 6.92 Å². The average molecular weight is 592 g/mol. The van der Waals surface area contributed by atoms with Crippen LogP contribution in [-0.4, -0.2) is 15.0 Å². The molecule has 0 fully saturated rings. The van der Waals surface area contributed by atoms with Crippen LogP contribution in [0.5, 0.6) is 0 Å². The normalized spacial score (nSPS) is 9.78. The number of hydrogen-bond acceptors (Lipinski definition) is 3. The minimum absolute atomic E-state index is 0. The van der Waals surface area contributed by atoms with Gasteiger partial charge in [-0.25, -0.2) is 0 Å². The van der Waals surface area contributed by atoms with E-state index in [1.165, 1.54) is 0 Å². The van der Waals surface area contributed by atoms with E-state index in [0.717, 1.165) is 39.3 Å². The van der Waals surface area contributed by atoms with Crippen LogP contribution >= 0.6 is 0 Å². The van der Waals surface area contributed by atoms with Gasteiger partial charge in [-0.3, -0.25) is 4.98 Å². The van der Waals surface area contributed by atoms with E-state index < -0.39 is 0 Å². The Morgan fingerprint density at radius 2 is 1.41 bits per heavy atom. The zero-order valence-corrected chi connectivity index (χ0v) is 20.0. The zero-order chi connectivity index (χ0) is 21.3. The minimum atomic E-state index is 0. The molecule has 0 aliphatic heterocycles. The van der Waals surface area contributed by atoms with Crippen molar-refractivity contribution in [3.8, 4) is 33.6 Å². The second-order valence-electron chi connectivity index (χ2n) is 6.89. The molecule has 0 bridgehead atoms. The van der Waals surface area contributed by atoms with Crippen molar-refractivity contribution < 1.29 is 20.1 Å². The number of pyridine rings is 3. The van der Waals surface area contributed by atoms with Crippen LogP contribution in [-0.2, 0) is 20.1 Å². The molecule has 4 heteroatoms. The first kappa shape index (κ1) is 23.2. The van der Waals surface area contributed by atoms with Crippen LogP contribution in [0.2, 0.25) is 0 Å². The first-order chi connectivity index (χ1) is 15.3. The summed E-state index contributed by atoms with van der Waals surface area (Å²) in [4.78, 5) is 12.9. The molecule has 159 valence electrons. The van der Waals surface area contributed by atoms with Gasteiger partial charge in [0.1, 0.15) is 0 Å². The maximum atomic E-state index is 4.41. The number of aryl methyl sites for hydroxylation is 1. The molecule has 5 rings (SSSR count). The van der Waals surface area contributed by atoms with E-state index in [1.54, 1.807) is 6.20 Å². The molecule has 3 nitrogen and oxygen atoms in total. The van der Waals surface area contributed by atoms with E-state index in [1.807, 2.05) is 104 Å². The molecule has 0 saturated carbocycles. The van der Waals surface area contributed by atoms with Crippen molar-refractivity contribution in [1.82, 2.24) is 15.0 Å². The van der Waals surface area contributed by atoms with Gasteiger partial charge in [0.15, 0.2) is 0 Å². The van der Waals surface area contributed by atoms with Crippen molar-refractivity contribution >= 4 is 0 Å². The second kappa shape index (κ2) is 11.8. The van der Waals surface area contributed by atoms with E-state index in [0.29, 0.717) is 0 Å². The summed E-state index contributed by atoms with van der Waals surface area (Å²) < 4.78 is 0. The third kappa shape index (κ3) is 6.27. The van der Waals surface area contributed by atoms with Crippen LogP contribution < -0.4 is 0 Å². The van der Waals surface area contributed by atoms with Gasteiger partial charge in [-0.05, 0) is 47.6 Å². The Labute approximate surface area is 202 Å². The quantitative estimate of drug-likeness (QED) is 0.226. The summed E-state index contributed by atoms with van der Waals surface area (Å²) in [6.07, 6.45) is 5.45. The number of hydrogen-bond donors (Lipinski definition) is 0. The van der Waals surface area contributed by atoms with Gasteiger partial charge in [-0.15, -0.1) is 71.8 Å². The summed E-state index contributed by atoms with van der Waals surface area (Å²) in [6, 6.07) is 36.1. The monoisotopic (exact) mass is 592 g/mol. The molecule has 32 heavy (non-hydrogen) atoms. The molecule has 0 amide bonds. The summed E-state index contributed by atoms with van der Waals surface area (Å²) in [5, 5.41) is 0. The fourth-order valence-electron chi connectivity index (χ4n) is 3.09. The van der Waals surface area contributed by atoms with E-state index in [2.05, 4.69) is 33.2 Å². The standard InChI is InChI=1S/C16H11N2.C12H10N.Ir/c1-2-5-13(6-3-1)16-11-14(8-10-18-16)15-7-4-9-17-12-15;1-10-6-5-9-12(13-10)11-7-3-2-4-8-11;/h1-5,7-12H;2-7,9H,1H3;/q2*-1;. The third-order valence-corrected chi connectivity index (χ3v) is 4.61. The largest absolute Gasteiger partial charge is 0.305 e. The van der Waals surface area contributed by atoms with E-state index >= 15 is 0 Å². The topological polar surface area (TPSA) is 38.7 Å². The van der Waals surface area contributed by atoms with Gasteiger partial charge in [0.05, 0.1) is 0 Å². The fraction of sp³-hybridized carbons (Fsp3) is 0.0357. The molecule has 0 unspecified atom stereocenters. The molecule has 0 saturated heterocycles. The maximum absolute atomic E-state index is 4.41. The Balaban J connectivity index is 0.000000184. The molecular formula is C28H21IrN3-2. The Morgan fingerprint density at radius 1 is 0.656 bits per heavy atom. The number of nitrogens with zero attached hydrogens (tertiary/aromatic N) is 3. The molecule has 0 aliphatic rings. The first-order valence-electron chi connectivity index (χ1n) is 10.0. The Kier molecular flexibility index (Phi) is 8.56. The molecule has 3 heterocycles. The van der Waals surface area contributed by atoms with Crippen molar-refractivity contribution in [1.29, 1.82) is 0 Å². The molecule has 0 atom stereocenters. The predicted octanol–water partition coefficient (Wildman–Crippen LogP) is 6.47. The third-order valence-electron chi connectivity index (χ3n) is 4.61. The summed E-state index contributed by atoms with van der Waals surface area (Å²) in [5.41, 5.74) is 7.21. The molecule has 3 aromatic heterocycles. The molecule has 0 aliphatic carbocycles. The summed E-state index contributed by atoms with van der Waals surface area (Å²) in [7, 11) is 0.